The van der Waals surface area contributed by atoms with Crippen molar-refractivity contribution < 1.29 is 19.1 Å². The normalized spacial score (nSPS) is 13.9. The van der Waals surface area contributed by atoms with Crippen molar-refractivity contribution in [2.24, 2.45) is 5.92 Å². The first-order valence-electron chi connectivity index (χ1n) is 11.9. The number of nitrogens with zero attached hydrogens (tertiary/aromatic N) is 1. The predicted molar refractivity (Wildman–Crippen MR) is 141 cm³/mol. The van der Waals surface area contributed by atoms with Crippen LogP contribution in [0.4, 0.5) is 11.4 Å². The SMILES string of the molecule is COc1ccccc1NC(=O)c1ccc(NC(=O)C2CCN(C(=O)/C=C/c3ccccc3)CC2)cc1. The molecule has 1 aliphatic rings. The van der Waals surface area contributed by atoms with Gasteiger partial charge in [0.15, 0.2) is 0 Å². The van der Waals surface area contributed by atoms with E-state index in [1.807, 2.05) is 42.5 Å². The summed E-state index contributed by atoms with van der Waals surface area (Å²) in [7, 11) is 1.55. The number of amides is 3. The fourth-order valence-electron chi connectivity index (χ4n) is 4.09. The number of methoxy groups -OCH3 is 1. The number of nitrogens with one attached hydrogen (secondary N) is 2. The van der Waals surface area contributed by atoms with Crippen LogP contribution >= 0.6 is 0 Å². The van der Waals surface area contributed by atoms with Crippen LogP contribution in [-0.4, -0.2) is 42.8 Å². The van der Waals surface area contributed by atoms with Gasteiger partial charge in [0.05, 0.1) is 12.8 Å². The lowest BCUT2D eigenvalue weighted by atomic mass is 9.95. The summed E-state index contributed by atoms with van der Waals surface area (Å²) in [5.41, 5.74) is 2.65. The van der Waals surface area contributed by atoms with Gasteiger partial charge in [-0.1, -0.05) is 42.5 Å². The van der Waals surface area contributed by atoms with Crippen molar-refractivity contribution in [2.75, 3.05) is 30.8 Å². The molecule has 7 heteroatoms. The van der Waals surface area contributed by atoms with E-state index < -0.39 is 0 Å². The summed E-state index contributed by atoms with van der Waals surface area (Å²) in [6.07, 6.45) is 4.61. The van der Waals surface area contributed by atoms with Gasteiger partial charge in [0.25, 0.3) is 5.91 Å². The third-order valence-electron chi connectivity index (χ3n) is 6.17. The van der Waals surface area contributed by atoms with Crippen LogP contribution in [0.1, 0.15) is 28.8 Å². The van der Waals surface area contributed by atoms with Crippen LogP contribution in [0, 0.1) is 5.92 Å². The summed E-state index contributed by atoms with van der Waals surface area (Å²) in [5, 5.41) is 5.76. The van der Waals surface area contributed by atoms with E-state index in [9.17, 15) is 14.4 Å². The third-order valence-corrected chi connectivity index (χ3v) is 6.17. The second-order valence-corrected chi connectivity index (χ2v) is 8.56. The second-order valence-electron chi connectivity index (χ2n) is 8.56. The molecule has 1 aliphatic heterocycles. The van der Waals surface area contributed by atoms with E-state index in [1.165, 1.54) is 0 Å². The first-order chi connectivity index (χ1) is 17.5. The monoisotopic (exact) mass is 483 g/mol. The predicted octanol–water partition coefficient (Wildman–Crippen LogP) is 4.84. The van der Waals surface area contributed by atoms with Crippen molar-refractivity contribution >= 4 is 35.2 Å². The fraction of sp³-hybridized carbons (Fsp3) is 0.207. The van der Waals surface area contributed by atoms with Gasteiger partial charge in [0, 0.05) is 36.3 Å². The van der Waals surface area contributed by atoms with Crippen LogP contribution in [0.25, 0.3) is 6.08 Å². The van der Waals surface area contributed by atoms with E-state index in [0.29, 0.717) is 48.6 Å². The Hall–Kier alpha value is -4.39. The van der Waals surface area contributed by atoms with Gasteiger partial charge in [-0.05, 0) is 60.9 Å². The highest BCUT2D eigenvalue weighted by Crippen LogP contribution is 2.24. The zero-order valence-electron chi connectivity index (χ0n) is 20.1. The van der Waals surface area contributed by atoms with Gasteiger partial charge >= 0.3 is 0 Å². The molecule has 0 atom stereocenters. The number of para-hydroxylation sites is 2. The summed E-state index contributed by atoms with van der Waals surface area (Å²) in [6, 6.07) is 23.6. The summed E-state index contributed by atoms with van der Waals surface area (Å²) in [4.78, 5) is 39.6. The molecule has 0 aliphatic carbocycles. The molecule has 1 saturated heterocycles. The van der Waals surface area contributed by atoms with Crippen molar-refractivity contribution in [3.63, 3.8) is 0 Å². The van der Waals surface area contributed by atoms with E-state index in [-0.39, 0.29) is 23.6 Å². The minimum absolute atomic E-state index is 0.0419. The topological polar surface area (TPSA) is 87.7 Å². The maximum atomic E-state index is 12.8. The molecule has 4 rings (SSSR count). The molecule has 2 N–H and O–H groups in total. The van der Waals surface area contributed by atoms with Crippen molar-refractivity contribution in [3.05, 3.63) is 96.1 Å². The number of anilines is 2. The molecule has 0 radical (unpaired) electrons. The lowest BCUT2D eigenvalue weighted by Gasteiger charge is -2.30. The Morgan fingerprint density at radius 1 is 0.861 bits per heavy atom. The van der Waals surface area contributed by atoms with Crippen molar-refractivity contribution in [2.45, 2.75) is 12.8 Å². The van der Waals surface area contributed by atoms with Crippen LogP contribution in [0.15, 0.2) is 84.9 Å². The number of ether oxygens (including phenoxy) is 1. The highest BCUT2D eigenvalue weighted by molar-refractivity contribution is 6.05. The lowest BCUT2D eigenvalue weighted by Crippen LogP contribution is -2.40. The van der Waals surface area contributed by atoms with Gasteiger partial charge in [-0.15, -0.1) is 0 Å². The number of hydrogen-bond acceptors (Lipinski definition) is 4. The van der Waals surface area contributed by atoms with Crippen LogP contribution in [0.2, 0.25) is 0 Å². The van der Waals surface area contributed by atoms with Crippen LogP contribution in [-0.2, 0) is 9.59 Å². The van der Waals surface area contributed by atoms with Crippen LogP contribution in [0.3, 0.4) is 0 Å². The molecule has 0 saturated carbocycles. The summed E-state index contributed by atoms with van der Waals surface area (Å²) in [5.74, 6) is 0.0268. The molecule has 184 valence electrons. The van der Waals surface area contributed by atoms with E-state index in [0.717, 1.165) is 5.56 Å². The summed E-state index contributed by atoms with van der Waals surface area (Å²) in [6.45, 7) is 1.08. The number of rotatable bonds is 7. The van der Waals surface area contributed by atoms with Crippen LogP contribution in [0.5, 0.6) is 5.75 Å². The molecule has 7 nitrogen and oxygen atoms in total. The Morgan fingerprint density at radius 3 is 2.22 bits per heavy atom. The summed E-state index contributed by atoms with van der Waals surface area (Å²) < 4.78 is 5.27. The van der Waals surface area contributed by atoms with Gasteiger partial charge in [0.1, 0.15) is 5.75 Å². The Morgan fingerprint density at radius 2 is 1.53 bits per heavy atom. The van der Waals surface area contributed by atoms with Crippen molar-refractivity contribution in [3.8, 4) is 5.75 Å². The van der Waals surface area contributed by atoms with E-state index in [2.05, 4.69) is 10.6 Å². The lowest BCUT2D eigenvalue weighted by molar-refractivity contribution is -0.130. The molecule has 0 bridgehead atoms. The van der Waals surface area contributed by atoms with Crippen molar-refractivity contribution in [1.29, 1.82) is 0 Å². The molecule has 0 spiro atoms. The highest BCUT2D eigenvalue weighted by atomic mass is 16.5. The molecule has 36 heavy (non-hydrogen) atoms. The van der Waals surface area contributed by atoms with Crippen molar-refractivity contribution in [1.82, 2.24) is 4.90 Å². The average molecular weight is 484 g/mol. The van der Waals surface area contributed by atoms with Gasteiger partial charge in [0.2, 0.25) is 11.8 Å². The Labute approximate surface area is 210 Å². The molecular weight excluding hydrogens is 454 g/mol. The highest BCUT2D eigenvalue weighted by Gasteiger charge is 2.26. The molecular formula is C29H29N3O4. The molecule has 3 aromatic carbocycles. The third kappa shape index (κ3) is 6.39. The molecule has 0 unspecified atom stereocenters. The Bertz CT molecular complexity index is 1230. The van der Waals surface area contributed by atoms with E-state index >= 15 is 0 Å². The number of carbonyl (C=O) groups is 3. The molecule has 0 aromatic heterocycles. The Kier molecular flexibility index (Phi) is 8.13. The largest absolute Gasteiger partial charge is 0.495 e. The standard InChI is InChI=1S/C29H29N3O4/c1-36-26-10-6-5-9-25(26)31-29(35)22-12-14-24(15-13-22)30-28(34)23-17-19-32(20-18-23)27(33)16-11-21-7-3-2-4-8-21/h2-16,23H,17-20H2,1H3,(H,30,34)(H,31,35)/b16-11+. The molecule has 3 aromatic rings. The van der Waals surface area contributed by atoms with Crippen LogP contribution < -0.4 is 15.4 Å². The zero-order valence-corrected chi connectivity index (χ0v) is 20.1. The number of benzene rings is 3. The first kappa shape index (κ1) is 24.7. The number of hydrogen-bond donors (Lipinski definition) is 2. The van der Waals surface area contributed by atoms with E-state index in [4.69, 9.17) is 4.74 Å². The fourth-order valence-corrected chi connectivity index (χ4v) is 4.09. The zero-order chi connectivity index (χ0) is 25.3. The molecule has 3 amide bonds. The summed E-state index contributed by atoms with van der Waals surface area (Å²) >= 11 is 0. The van der Waals surface area contributed by atoms with Gasteiger partial charge in [-0.25, -0.2) is 0 Å². The van der Waals surface area contributed by atoms with Gasteiger partial charge < -0.3 is 20.3 Å². The maximum Gasteiger partial charge on any atom is 0.255 e. The van der Waals surface area contributed by atoms with Gasteiger partial charge in [-0.3, -0.25) is 14.4 Å². The minimum Gasteiger partial charge on any atom is -0.495 e. The quantitative estimate of drug-likeness (QED) is 0.471. The number of carbonyl (C=O) groups excluding carboxylic acids is 3. The number of piperidine rings is 1. The second kappa shape index (κ2) is 11.8. The minimum atomic E-state index is -0.268. The Balaban J connectivity index is 1.26. The maximum absolute atomic E-state index is 12.8. The molecule has 1 heterocycles. The van der Waals surface area contributed by atoms with Gasteiger partial charge in [-0.2, -0.15) is 0 Å². The smallest absolute Gasteiger partial charge is 0.255 e. The molecule has 1 fully saturated rings. The van der Waals surface area contributed by atoms with E-state index in [1.54, 1.807) is 60.6 Å². The number of likely N-dealkylation sites (tertiary alicyclic amines) is 1. The first-order valence-corrected chi connectivity index (χ1v) is 11.9. The average Bonchev–Trinajstić information content (AvgIpc) is 2.93.